The molecule has 0 amide bonds. The number of aromatic nitrogens is 2. The molecule has 1 saturated carbocycles. The summed E-state index contributed by atoms with van der Waals surface area (Å²) >= 11 is 3.46. The molecule has 0 radical (unpaired) electrons. The Labute approximate surface area is 129 Å². The molecule has 2 N–H and O–H groups in total. The summed E-state index contributed by atoms with van der Waals surface area (Å²) in [7, 11) is 0. The molecule has 1 aliphatic carbocycles. The molecule has 3 aromatic rings. The molecule has 1 aliphatic rings. The summed E-state index contributed by atoms with van der Waals surface area (Å²) in [6, 6.07) is 11.2. The number of fused-ring (bicyclic) bond motifs is 1. The summed E-state index contributed by atoms with van der Waals surface area (Å²) in [6.45, 7) is 0. The van der Waals surface area contributed by atoms with Crippen molar-refractivity contribution >= 4 is 32.7 Å². The second-order valence-corrected chi connectivity index (χ2v) is 6.29. The van der Waals surface area contributed by atoms with E-state index in [-0.39, 0.29) is 5.82 Å². The lowest BCUT2D eigenvalue weighted by Gasteiger charge is -2.10. The van der Waals surface area contributed by atoms with Gasteiger partial charge in [-0.15, -0.1) is 0 Å². The van der Waals surface area contributed by atoms with Crippen molar-refractivity contribution in [2.24, 2.45) is 0 Å². The molecule has 0 unspecified atom stereocenters. The number of nitrogen functional groups attached to an aromatic ring is 1. The van der Waals surface area contributed by atoms with Crippen molar-refractivity contribution in [3.8, 4) is 11.4 Å². The van der Waals surface area contributed by atoms with Gasteiger partial charge in [0.25, 0.3) is 0 Å². The zero-order valence-corrected chi connectivity index (χ0v) is 12.8. The lowest BCUT2D eigenvalue weighted by Crippen LogP contribution is -2.00. The molecule has 1 aromatic heterocycles. The smallest absolute Gasteiger partial charge is 0.151 e. The van der Waals surface area contributed by atoms with Crippen LogP contribution < -0.4 is 5.73 Å². The number of imidazole rings is 1. The first-order valence-electron chi connectivity index (χ1n) is 6.87. The summed E-state index contributed by atoms with van der Waals surface area (Å²) in [5, 5.41) is 0. The van der Waals surface area contributed by atoms with Crippen LogP contribution in [0.2, 0.25) is 0 Å². The van der Waals surface area contributed by atoms with E-state index in [0.717, 1.165) is 34.2 Å². The number of nitrogens with two attached hydrogens (primary N) is 1. The normalized spacial score (nSPS) is 14.8. The Bertz CT molecular complexity index is 852. The van der Waals surface area contributed by atoms with Crippen LogP contribution in [0.4, 0.5) is 10.1 Å². The van der Waals surface area contributed by atoms with Gasteiger partial charge in [0.15, 0.2) is 5.82 Å². The zero-order chi connectivity index (χ0) is 14.6. The maximum atomic E-state index is 14.0. The highest BCUT2D eigenvalue weighted by Gasteiger charge is 2.29. The molecule has 4 rings (SSSR count). The van der Waals surface area contributed by atoms with Crippen molar-refractivity contribution in [2.45, 2.75) is 18.9 Å². The summed E-state index contributed by atoms with van der Waals surface area (Å²) in [4.78, 5) is 4.53. The number of para-hydroxylation sites is 1. The van der Waals surface area contributed by atoms with Crippen molar-refractivity contribution in [2.75, 3.05) is 5.73 Å². The second-order valence-electron chi connectivity index (χ2n) is 5.38. The minimum absolute atomic E-state index is 0.290. The van der Waals surface area contributed by atoms with Crippen LogP contribution in [0.1, 0.15) is 18.9 Å². The minimum Gasteiger partial charge on any atom is -0.398 e. The average Bonchev–Trinajstić information content (AvgIpc) is 3.22. The van der Waals surface area contributed by atoms with Crippen LogP contribution in [-0.2, 0) is 0 Å². The van der Waals surface area contributed by atoms with Crippen LogP contribution in [0.3, 0.4) is 0 Å². The molecule has 21 heavy (non-hydrogen) atoms. The fraction of sp³-hybridized carbons (Fsp3) is 0.188. The first-order chi connectivity index (χ1) is 10.1. The fourth-order valence-corrected chi connectivity index (χ4v) is 3.06. The van der Waals surface area contributed by atoms with Crippen molar-refractivity contribution in [3.05, 3.63) is 46.7 Å². The molecule has 0 aliphatic heterocycles. The molecule has 1 fully saturated rings. The van der Waals surface area contributed by atoms with Gasteiger partial charge < -0.3 is 10.3 Å². The lowest BCUT2D eigenvalue weighted by molar-refractivity contribution is 0.637. The third-order valence-corrected chi connectivity index (χ3v) is 4.33. The number of benzene rings is 2. The number of anilines is 1. The highest BCUT2D eigenvalue weighted by molar-refractivity contribution is 9.10. The third kappa shape index (κ3) is 2.03. The van der Waals surface area contributed by atoms with Crippen molar-refractivity contribution in [3.63, 3.8) is 0 Å². The topological polar surface area (TPSA) is 43.8 Å². The Kier molecular flexibility index (Phi) is 2.79. The Morgan fingerprint density at radius 1 is 1.24 bits per heavy atom. The highest BCUT2D eigenvalue weighted by atomic mass is 79.9. The van der Waals surface area contributed by atoms with Crippen LogP contribution in [-0.4, -0.2) is 9.55 Å². The fourth-order valence-electron chi connectivity index (χ4n) is 2.70. The van der Waals surface area contributed by atoms with E-state index in [9.17, 15) is 4.39 Å². The number of nitrogens with zero attached hydrogens (tertiary/aromatic N) is 2. The van der Waals surface area contributed by atoms with E-state index in [1.807, 2.05) is 24.3 Å². The molecular weight excluding hydrogens is 333 g/mol. The Balaban J connectivity index is 2.06. The van der Waals surface area contributed by atoms with E-state index in [1.165, 1.54) is 6.07 Å². The van der Waals surface area contributed by atoms with Gasteiger partial charge in [-0.3, -0.25) is 0 Å². The van der Waals surface area contributed by atoms with E-state index in [4.69, 9.17) is 5.73 Å². The first kappa shape index (κ1) is 12.8. The van der Waals surface area contributed by atoms with Gasteiger partial charge in [-0.25, -0.2) is 9.37 Å². The first-order valence-corrected chi connectivity index (χ1v) is 7.66. The quantitative estimate of drug-likeness (QED) is 0.693. The van der Waals surface area contributed by atoms with Gasteiger partial charge >= 0.3 is 0 Å². The maximum Gasteiger partial charge on any atom is 0.151 e. The van der Waals surface area contributed by atoms with Crippen LogP contribution in [0, 0.1) is 5.82 Å². The monoisotopic (exact) mass is 345 g/mol. The molecular formula is C16H13BrFN3. The number of hydrogen-bond donors (Lipinski definition) is 1. The van der Waals surface area contributed by atoms with Crippen molar-refractivity contribution < 1.29 is 4.39 Å². The van der Waals surface area contributed by atoms with Gasteiger partial charge in [0.2, 0.25) is 0 Å². The standard InChI is InChI=1S/C16H13BrFN3/c17-9-4-7-13(19)11(8-9)16-20-15-12(18)2-1-3-14(15)21(16)10-5-6-10/h1-4,7-8,10H,5-6,19H2. The average molecular weight is 346 g/mol. The van der Waals surface area contributed by atoms with E-state index in [1.54, 1.807) is 6.07 Å². The summed E-state index contributed by atoms with van der Waals surface area (Å²) in [6.07, 6.45) is 2.20. The molecule has 3 nitrogen and oxygen atoms in total. The van der Waals surface area contributed by atoms with E-state index < -0.39 is 0 Å². The second kappa shape index (κ2) is 4.56. The molecule has 1 heterocycles. The molecule has 0 atom stereocenters. The number of rotatable bonds is 2. The van der Waals surface area contributed by atoms with Crippen LogP contribution in [0.25, 0.3) is 22.4 Å². The molecule has 0 bridgehead atoms. The van der Waals surface area contributed by atoms with Crippen LogP contribution in [0.5, 0.6) is 0 Å². The number of halogens is 2. The Hall–Kier alpha value is -1.88. The van der Waals surface area contributed by atoms with Gasteiger partial charge in [-0.1, -0.05) is 22.0 Å². The van der Waals surface area contributed by atoms with Crippen molar-refractivity contribution in [1.82, 2.24) is 9.55 Å². The SMILES string of the molecule is Nc1ccc(Br)cc1-c1nc2c(F)cccc2n1C1CC1. The minimum atomic E-state index is -0.290. The zero-order valence-electron chi connectivity index (χ0n) is 11.2. The van der Waals surface area contributed by atoms with Crippen LogP contribution >= 0.6 is 15.9 Å². The Morgan fingerprint density at radius 2 is 2.05 bits per heavy atom. The van der Waals surface area contributed by atoms with Crippen molar-refractivity contribution in [1.29, 1.82) is 0 Å². The van der Waals surface area contributed by atoms with E-state index in [0.29, 0.717) is 17.2 Å². The lowest BCUT2D eigenvalue weighted by atomic mass is 10.1. The maximum absolute atomic E-state index is 14.0. The van der Waals surface area contributed by atoms with Gasteiger partial charge in [0.05, 0.1) is 5.52 Å². The summed E-state index contributed by atoms with van der Waals surface area (Å²) in [5.41, 5.74) is 8.85. The van der Waals surface area contributed by atoms with Crippen LogP contribution in [0.15, 0.2) is 40.9 Å². The van der Waals surface area contributed by atoms with E-state index in [2.05, 4.69) is 25.5 Å². The predicted octanol–water partition coefficient (Wildman–Crippen LogP) is 4.52. The summed E-state index contributed by atoms with van der Waals surface area (Å²) in [5.74, 6) is 0.457. The molecule has 5 heteroatoms. The molecule has 106 valence electrons. The Morgan fingerprint density at radius 3 is 2.81 bits per heavy atom. The van der Waals surface area contributed by atoms with Gasteiger partial charge in [-0.05, 0) is 43.2 Å². The van der Waals surface area contributed by atoms with E-state index >= 15 is 0 Å². The third-order valence-electron chi connectivity index (χ3n) is 3.84. The predicted molar refractivity (Wildman–Crippen MR) is 85.5 cm³/mol. The van der Waals surface area contributed by atoms with Gasteiger partial charge in [0, 0.05) is 21.8 Å². The van der Waals surface area contributed by atoms with Gasteiger partial charge in [-0.2, -0.15) is 0 Å². The number of hydrogen-bond acceptors (Lipinski definition) is 2. The highest BCUT2D eigenvalue weighted by Crippen LogP contribution is 2.42. The summed E-state index contributed by atoms with van der Waals surface area (Å²) < 4.78 is 17.1. The van der Waals surface area contributed by atoms with Gasteiger partial charge in [0.1, 0.15) is 11.3 Å². The molecule has 2 aromatic carbocycles. The molecule has 0 saturated heterocycles. The largest absolute Gasteiger partial charge is 0.398 e. The molecule has 0 spiro atoms.